The summed E-state index contributed by atoms with van der Waals surface area (Å²) in [6.45, 7) is 10.1. The van der Waals surface area contributed by atoms with Crippen molar-refractivity contribution in [2.24, 2.45) is 0 Å². The van der Waals surface area contributed by atoms with E-state index in [-0.39, 0.29) is 10.6 Å². The molecule has 0 spiro atoms. The highest BCUT2D eigenvalue weighted by molar-refractivity contribution is 7.85. The summed E-state index contributed by atoms with van der Waals surface area (Å²) in [7, 11) is -4.27. The molecule has 1 rings (SSSR count). The molecule has 0 aliphatic rings. The van der Waals surface area contributed by atoms with Crippen molar-refractivity contribution in [3.8, 4) is 0 Å². The first-order valence-electron chi connectivity index (χ1n) is 6.20. The summed E-state index contributed by atoms with van der Waals surface area (Å²) in [4.78, 5) is 11.5. The molecule has 0 unspecified atom stereocenters. The highest BCUT2D eigenvalue weighted by Gasteiger charge is 2.11. The molecule has 0 amide bonds. The molecule has 0 aromatic heterocycles. The Hall–Kier alpha value is -1.51. The van der Waals surface area contributed by atoms with Crippen LogP contribution in [-0.2, 0) is 10.1 Å². The zero-order valence-electron chi connectivity index (χ0n) is 11.8. The first-order chi connectivity index (χ1) is 9.26. The molecule has 0 aliphatic carbocycles. The number of non-ortho nitro benzene ring substituents is 1. The number of rotatable bonds is 5. The van der Waals surface area contributed by atoms with E-state index >= 15 is 0 Å². The molecule has 20 heavy (non-hydrogen) atoms. The molecule has 8 heteroatoms. The van der Waals surface area contributed by atoms with E-state index in [0.29, 0.717) is 0 Å². The van der Waals surface area contributed by atoms with Gasteiger partial charge in [0.2, 0.25) is 0 Å². The molecule has 0 atom stereocenters. The van der Waals surface area contributed by atoms with Gasteiger partial charge in [-0.2, -0.15) is 8.42 Å². The fraction of sp³-hybridized carbons (Fsp3) is 0.500. The third-order valence-electron chi connectivity index (χ3n) is 2.69. The van der Waals surface area contributed by atoms with Crippen LogP contribution in [0.5, 0.6) is 0 Å². The average molecular weight is 304 g/mol. The van der Waals surface area contributed by atoms with Gasteiger partial charge < -0.3 is 4.90 Å². The first-order valence-corrected chi connectivity index (χ1v) is 7.64. The van der Waals surface area contributed by atoms with Gasteiger partial charge in [0.25, 0.3) is 15.8 Å². The number of nitro groups is 1. The van der Waals surface area contributed by atoms with E-state index in [4.69, 9.17) is 4.55 Å². The van der Waals surface area contributed by atoms with E-state index in [0.717, 1.165) is 24.3 Å². The van der Waals surface area contributed by atoms with Crippen molar-refractivity contribution in [2.75, 3.05) is 19.6 Å². The average Bonchev–Trinajstić information content (AvgIpc) is 2.40. The molecule has 0 fully saturated rings. The maximum atomic E-state index is 10.5. The summed E-state index contributed by atoms with van der Waals surface area (Å²) in [5.41, 5.74) is -0.229. The molecule has 0 saturated heterocycles. The van der Waals surface area contributed by atoms with E-state index in [1.165, 1.54) is 19.6 Å². The maximum Gasteiger partial charge on any atom is 0.294 e. The quantitative estimate of drug-likeness (QED) is 0.508. The molecule has 0 saturated carbocycles. The topological polar surface area (TPSA) is 101 Å². The fourth-order valence-corrected chi connectivity index (χ4v) is 1.89. The second kappa shape index (κ2) is 8.62. The van der Waals surface area contributed by atoms with Crippen LogP contribution in [0.1, 0.15) is 20.8 Å². The van der Waals surface area contributed by atoms with E-state index in [1.807, 2.05) is 0 Å². The molecular weight excluding hydrogens is 284 g/mol. The van der Waals surface area contributed by atoms with Gasteiger partial charge in [-0.3, -0.25) is 14.7 Å². The van der Waals surface area contributed by atoms with Crippen LogP contribution in [0.25, 0.3) is 0 Å². The lowest BCUT2D eigenvalue weighted by molar-refractivity contribution is -0.384. The summed E-state index contributed by atoms with van der Waals surface area (Å²) in [6, 6.07) is 3.94. The lowest BCUT2D eigenvalue weighted by Gasteiger charge is -2.13. The molecular formula is C12H20N2O5S. The number of hydrogen-bond donors (Lipinski definition) is 1. The number of nitro benzene ring substituents is 1. The Bertz CT molecular complexity index is 504. The molecule has 1 aromatic rings. The number of benzene rings is 1. The van der Waals surface area contributed by atoms with Gasteiger partial charge in [0.05, 0.1) is 9.82 Å². The van der Waals surface area contributed by atoms with Gasteiger partial charge in [-0.15, -0.1) is 0 Å². The van der Waals surface area contributed by atoms with Crippen molar-refractivity contribution in [3.05, 3.63) is 34.4 Å². The minimum Gasteiger partial charge on any atom is -0.304 e. The van der Waals surface area contributed by atoms with Gasteiger partial charge in [0.15, 0.2) is 0 Å². The third-order valence-corrected chi connectivity index (χ3v) is 3.55. The highest BCUT2D eigenvalue weighted by atomic mass is 32.2. The molecule has 0 heterocycles. The minimum absolute atomic E-state index is 0.229. The van der Waals surface area contributed by atoms with Crippen LogP contribution in [-0.4, -0.2) is 42.4 Å². The lowest BCUT2D eigenvalue weighted by atomic mass is 10.3. The van der Waals surface area contributed by atoms with Crippen molar-refractivity contribution in [1.29, 1.82) is 0 Å². The zero-order valence-corrected chi connectivity index (χ0v) is 12.6. The van der Waals surface area contributed by atoms with Gasteiger partial charge in [-0.1, -0.05) is 20.8 Å². The summed E-state index contributed by atoms with van der Waals surface area (Å²) in [6.07, 6.45) is 0. The van der Waals surface area contributed by atoms with Gasteiger partial charge >= 0.3 is 0 Å². The Balaban J connectivity index is 0.000000441. The van der Waals surface area contributed by atoms with Crippen molar-refractivity contribution in [1.82, 2.24) is 4.90 Å². The predicted molar refractivity (Wildman–Crippen MR) is 76.4 cm³/mol. The SMILES string of the molecule is CCN(CC)CC.O=[N+]([O-])c1ccc(S(=O)(=O)O)cc1. The van der Waals surface area contributed by atoms with Crippen LogP contribution < -0.4 is 0 Å². The largest absolute Gasteiger partial charge is 0.304 e. The first kappa shape index (κ1) is 18.5. The number of nitrogens with zero attached hydrogens (tertiary/aromatic N) is 2. The molecule has 0 bridgehead atoms. The zero-order chi connectivity index (χ0) is 15.8. The van der Waals surface area contributed by atoms with Gasteiger partial charge in [0, 0.05) is 12.1 Å². The minimum atomic E-state index is -4.27. The predicted octanol–water partition coefficient (Wildman–Crippen LogP) is 2.19. The Morgan fingerprint density at radius 1 is 1.10 bits per heavy atom. The van der Waals surface area contributed by atoms with Crippen molar-refractivity contribution in [2.45, 2.75) is 25.7 Å². The molecule has 1 N–H and O–H groups in total. The Morgan fingerprint density at radius 2 is 1.50 bits per heavy atom. The standard InChI is InChI=1S/C6H5NO5S.C6H15N/c8-7(9)5-1-3-6(4-2-5)13(10,11)12;1-4-7(5-2)6-3/h1-4H,(H,10,11,12);4-6H2,1-3H3. The van der Waals surface area contributed by atoms with Crippen LogP contribution in [0.15, 0.2) is 29.2 Å². The van der Waals surface area contributed by atoms with Gasteiger partial charge in [-0.05, 0) is 31.8 Å². The van der Waals surface area contributed by atoms with Crippen LogP contribution in [0, 0.1) is 10.1 Å². The second-order valence-corrected chi connectivity index (χ2v) is 5.27. The Labute approximate surface area is 119 Å². The van der Waals surface area contributed by atoms with Crippen molar-refractivity contribution in [3.63, 3.8) is 0 Å². The van der Waals surface area contributed by atoms with Crippen LogP contribution >= 0.6 is 0 Å². The highest BCUT2D eigenvalue weighted by Crippen LogP contribution is 2.14. The van der Waals surface area contributed by atoms with E-state index in [1.54, 1.807) is 0 Å². The normalized spacial score (nSPS) is 10.8. The lowest BCUT2D eigenvalue weighted by Crippen LogP contribution is -2.21. The molecule has 0 aliphatic heterocycles. The summed E-state index contributed by atoms with van der Waals surface area (Å²) < 4.78 is 29.5. The maximum absolute atomic E-state index is 10.5. The monoisotopic (exact) mass is 304 g/mol. The molecule has 0 radical (unpaired) electrons. The Kier molecular flexibility index (Phi) is 7.97. The fourth-order valence-electron chi connectivity index (χ4n) is 1.41. The van der Waals surface area contributed by atoms with E-state index in [9.17, 15) is 18.5 Å². The Morgan fingerprint density at radius 3 is 1.70 bits per heavy atom. The second-order valence-electron chi connectivity index (χ2n) is 3.85. The van der Waals surface area contributed by atoms with Crippen LogP contribution in [0.2, 0.25) is 0 Å². The summed E-state index contributed by atoms with van der Waals surface area (Å²) >= 11 is 0. The number of hydrogen-bond acceptors (Lipinski definition) is 5. The van der Waals surface area contributed by atoms with Gasteiger partial charge in [-0.25, -0.2) is 0 Å². The van der Waals surface area contributed by atoms with Crippen molar-refractivity contribution >= 4 is 15.8 Å². The van der Waals surface area contributed by atoms with Crippen LogP contribution in [0.3, 0.4) is 0 Å². The summed E-state index contributed by atoms with van der Waals surface area (Å²) in [5, 5.41) is 10.2. The molecule has 114 valence electrons. The molecule has 1 aromatic carbocycles. The van der Waals surface area contributed by atoms with E-state index < -0.39 is 15.0 Å². The van der Waals surface area contributed by atoms with E-state index in [2.05, 4.69) is 25.7 Å². The molecule has 7 nitrogen and oxygen atoms in total. The van der Waals surface area contributed by atoms with Crippen LogP contribution in [0.4, 0.5) is 5.69 Å². The van der Waals surface area contributed by atoms with Gasteiger partial charge in [0.1, 0.15) is 0 Å². The summed E-state index contributed by atoms with van der Waals surface area (Å²) in [5.74, 6) is 0. The van der Waals surface area contributed by atoms with Crippen molar-refractivity contribution < 1.29 is 17.9 Å². The smallest absolute Gasteiger partial charge is 0.294 e. The third kappa shape index (κ3) is 6.60.